The number of hydrogen-bond acceptors (Lipinski definition) is 4. The van der Waals surface area contributed by atoms with E-state index in [1.165, 1.54) is 6.26 Å². The summed E-state index contributed by atoms with van der Waals surface area (Å²) < 4.78 is 10.1. The quantitative estimate of drug-likeness (QED) is 0.683. The fraction of sp³-hybridized carbons (Fsp3) is 0.444. The molecule has 2 heterocycles. The number of amides is 1. The number of nitrogens with one attached hydrogen (secondary N) is 1. The summed E-state index contributed by atoms with van der Waals surface area (Å²) in [4.78, 5) is 11.5. The summed E-state index contributed by atoms with van der Waals surface area (Å²) in [6.45, 7) is 0.955. The van der Waals surface area contributed by atoms with Crippen LogP contribution in [0.2, 0.25) is 0 Å². The van der Waals surface area contributed by atoms with Crippen molar-refractivity contribution in [1.82, 2.24) is 5.32 Å². The van der Waals surface area contributed by atoms with Gasteiger partial charge in [-0.3, -0.25) is 4.79 Å². The van der Waals surface area contributed by atoms with E-state index in [2.05, 4.69) is 5.32 Å². The van der Waals surface area contributed by atoms with Crippen molar-refractivity contribution in [3.05, 3.63) is 24.2 Å². The number of carbonyl (C=O) groups is 1. The third kappa shape index (κ3) is 1.78. The highest BCUT2D eigenvalue weighted by molar-refractivity contribution is 5.91. The second kappa shape index (κ2) is 3.81. The lowest BCUT2D eigenvalue weighted by Gasteiger charge is -2.13. The first kappa shape index (κ1) is 9.23. The molecular formula is C9H12N2O3. The van der Waals surface area contributed by atoms with Crippen molar-refractivity contribution < 1.29 is 13.9 Å². The summed E-state index contributed by atoms with van der Waals surface area (Å²) in [5.74, 6) is 0.0463. The smallest absolute Gasteiger partial charge is 0.287 e. The first-order valence-corrected chi connectivity index (χ1v) is 4.45. The Morgan fingerprint density at radius 2 is 2.43 bits per heavy atom. The lowest BCUT2D eigenvalue weighted by Crippen LogP contribution is -2.46. The lowest BCUT2D eigenvalue weighted by molar-refractivity contribution is 0.0900. The van der Waals surface area contributed by atoms with E-state index < -0.39 is 0 Å². The summed E-state index contributed by atoms with van der Waals surface area (Å²) in [5.41, 5.74) is 5.71. The van der Waals surface area contributed by atoms with Gasteiger partial charge in [-0.25, -0.2) is 0 Å². The van der Waals surface area contributed by atoms with Crippen LogP contribution in [0.5, 0.6) is 0 Å². The molecule has 3 N–H and O–H groups in total. The van der Waals surface area contributed by atoms with Crippen molar-refractivity contribution in [2.45, 2.75) is 12.1 Å². The molecule has 5 nitrogen and oxygen atoms in total. The van der Waals surface area contributed by atoms with Gasteiger partial charge in [-0.1, -0.05) is 0 Å². The number of furan rings is 1. The van der Waals surface area contributed by atoms with E-state index >= 15 is 0 Å². The van der Waals surface area contributed by atoms with Crippen LogP contribution in [0.15, 0.2) is 22.8 Å². The van der Waals surface area contributed by atoms with E-state index in [4.69, 9.17) is 14.9 Å². The van der Waals surface area contributed by atoms with E-state index in [1.54, 1.807) is 12.1 Å². The maximum atomic E-state index is 11.5. The van der Waals surface area contributed by atoms with Gasteiger partial charge in [0.1, 0.15) is 0 Å². The first-order valence-electron chi connectivity index (χ1n) is 4.45. The van der Waals surface area contributed by atoms with Gasteiger partial charge in [0.25, 0.3) is 5.91 Å². The summed E-state index contributed by atoms with van der Waals surface area (Å²) >= 11 is 0. The molecule has 2 rings (SSSR count). The zero-order valence-corrected chi connectivity index (χ0v) is 7.60. The molecule has 1 amide bonds. The van der Waals surface area contributed by atoms with E-state index in [9.17, 15) is 4.79 Å². The van der Waals surface area contributed by atoms with Gasteiger partial charge in [0.05, 0.1) is 31.6 Å². The second-order valence-electron chi connectivity index (χ2n) is 3.26. The highest BCUT2D eigenvalue weighted by atomic mass is 16.5. The van der Waals surface area contributed by atoms with Crippen molar-refractivity contribution in [2.75, 3.05) is 13.2 Å². The zero-order valence-electron chi connectivity index (χ0n) is 7.60. The third-order valence-electron chi connectivity index (χ3n) is 2.19. The molecule has 14 heavy (non-hydrogen) atoms. The number of ether oxygens (including phenoxy) is 1. The van der Waals surface area contributed by atoms with Gasteiger partial charge < -0.3 is 20.2 Å². The van der Waals surface area contributed by atoms with Gasteiger partial charge in [0, 0.05) is 0 Å². The van der Waals surface area contributed by atoms with Crippen molar-refractivity contribution in [3.8, 4) is 0 Å². The number of nitrogens with two attached hydrogens (primary N) is 1. The van der Waals surface area contributed by atoms with Crippen LogP contribution in [-0.4, -0.2) is 31.2 Å². The van der Waals surface area contributed by atoms with Crippen LogP contribution in [0.4, 0.5) is 0 Å². The normalized spacial score (nSPS) is 26.4. The van der Waals surface area contributed by atoms with E-state index in [1.807, 2.05) is 0 Å². The molecule has 1 saturated heterocycles. The predicted octanol–water partition coefficient (Wildman–Crippen LogP) is -0.265. The molecule has 2 atom stereocenters. The standard InChI is InChI=1S/C9H12N2O3/c10-6-4-13-5-7(6)11-9(12)8-2-1-3-14-8/h1-3,6-7H,4-5,10H2,(H,11,12). The van der Waals surface area contributed by atoms with E-state index in [0.717, 1.165) is 0 Å². The Hall–Kier alpha value is -1.33. The molecule has 5 heteroatoms. The van der Waals surface area contributed by atoms with Crippen LogP contribution in [-0.2, 0) is 4.74 Å². The molecular weight excluding hydrogens is 184 g/mol. The van der Waals surface area contributed by atoms with Crippen LogP contribution in [0.25, 0.3) is 0 Å². The van der Waals surface area contributed by atoms with Crippen LogP contribution >= 0.6 is 0 Å². The van der Waals surface area contributed by atoms with Crippen LogP contribution in [0.3, 0.4) is 0 Å². The Kier molecular flexibility index (Phi) is 2.51. The second-order valence-corrected chi connectivity index (χ2v) is 3.26. The molecule has 1 aromatic heterocycles. The Bertz CT molecular complexity index is 310. The number of rotatable bonds is 2. The highest BCUT2D eigenvalue weighted by Crippen LogP contribution is 2.05. The van der Waals surface area contributed by atoms with Gasteiger partial charge in [0.2, 0.25) is 0 Å². The Labute approximate surface area is 81.2 Å². The fourth-order valence-electron chi connectivity index (χ4n) is 1.37. The molecule has 0 bridgehead atoms. The van der Waals surface area contributed by atoms with Crippen molar-refractivity contribution >= 4 is 5.91 Å². The minimum absolute atomic E-state index is 0.118. The maximum absolute atomic E-state index is 11.5. The Morgan fingerprint density at radius 3 is 3.00 bits per heavy atom. The monoisotopic (exact) mass is 196 g/mol. The maximum Gasteiger partial charge on any atom is 0.287 e. The first-order chi connectivity index (χ1) is 6.77. The topological polar surface area (TPSA) is 77.5 Å². The van der Waals surface area contributed by atoms with Crippen molar-refractivity contribution in [1.29, 1.82) is 0 Å². The molecule has 1 aliphatic rings. The molecule has 0 radical (unpaired) electrons. The summed E-state index contributed by atoms with van der Waals surface area (Å²) in [5, 5.41) is 2.75. The number of carbonyl (C=O) groups excluding carboxylic acids is 1. The molecule has 0 aliphatic carbocycles. The average molecular weight is 196 g/mol. The van der Waals surface area contributed by atoms with Gasteiger partial charge in [0.15, 0.2) is 5.76 Å². The minimum atomic E-state index is -0.249. The van der Waals surface area contributed by atoms with E-state index in [0.29, 0.717) is 19.0 Å². The van der Waals surface area contributed by atoms with Gasteiger partial charge >= 0.3 is 0 Å². The van der Waals surface area contributed by atoms with Gasteiger partial charge in [-0.15, -0.1) is 0 Å². The molecule has 1 fully saturated rings. The molecule has 1 aliphatic heterocycles. The van der Waals surface area contributed by atoms with Gasteiger partial charge in [-0.2, -0.15) is 0 Å². The van der Waals surface area contributed by atoms with Crippen LogP contribution < -0.4 is 11.1 Å². The Balaban J connectivity index is 1.95. The summed E-state index contributed by atoms with van der Waals surface area (Å²) in [6, 6.07) is 3.03. The fourth-order valence-corrected chi connectivity index (χ4v) is 1.37. The molecule has 0 saturated carbocycles. The molecule has 1 aromatic rings. The summed E-state index contributed by atoms with van der Waals surface area (Å²) in [7, 11) is 0. The van der Waals surface area contributed by atoms with Crippen molar-refractivity contribution in [2.24, 2.45) is 5.73 Å². The molecule has 2 unspecified atom stereocenters. The average Bonchev–Trinajstić information content (AvgIpc) is 2.77. The molecule has 0 aromatic carbocycles. The van der Waals surface area contributed by atoms with Crippen LogP contribution in [0, 0.1) is 0 Å². The highest BCUT2D eigenvalue weighted by Gasteiger charge is 2.27. The van der Waals surface area contributed by atoms with E-state index in [-0.39, 0.29) is 18.0 Å². The molecule has 76 valence electrons. The Morgan fingerprint density at radius 1 is 1.57 bits per heavy atom. The zero-order chi connectivity index (χ0) is 9.97. The third-order valence-corrected chi connectivity index (χ3v) is 2.19. The van der Waals surface area contributed by atoms with Gasteiger partial charge in [-0.05, 0) is 12.1 Å². The minimum Gasteiger partial charge on any atom is -0.459 e. The van der Waals surface area contributed by atoms with Crippen molar-refractivity contribution in [3.63, 3.8) is 0 Å². The number of hydrogen-bond donors (Lipinski definition) is 2. The largest absolute Gasteiger partial charge is 0.459 e. The SMILES string of the molecule is NC1COCC1NC(=O)c1ccco1. The summed E-state index contributed by atoms with van der Waals surface area (Å²) in [6.07, 6.45) is 1.46. The molecule has 0 spiro atoms. The lowest BCUT2D eigenvalue weighted by atomic mass is 10.2. The predicted molar refractivity (Wildman–Crippen MR) is 48.8 cm³/mol. The van der Waals surface area contributed by atoms with Crippen LogP contribution in [0.1, 0.15) is 10.6 Å².